The number of halogens is 2. The van der Waals surface area contributed by atoms with Crippen molar-refractivity contribution in [1.82, 2.24) is 5.32 Å². The summed E-state index contributed by atoms with van der Waals surface area (Å²) in [6.07, 6.45) is 1.07. The molecule has 1 aliphatic carbocycles. The second-order valence-electron chi connectivity index (χ2n) is 5.11. The molecule has 1 aromatic carbocycles. The zero-order valence-electron chi connectivity index (χ0n) is 10.9. The highest BCUT2D eigenvalue weighted by atomic mass is 19.3. The summed E-state index contributed by atoms with van der Waals surface area (Å²) in [5.74, 6) is -3.57. The quantitative estimate of drug-likeness (QED) is 0.869. The van der Waals surface area contributed by atoms with Gasteiger partial charge < -0.3 is 5.32 Å². The molecule has 0 spiro atoms. The SMILES string of the molecule is N#CC1(NC(=O)[CH]CC(F)(F)Cc2ccccc2)CC1. The van der Waals surface area contributed by atoms with E-state index in [2.05, 4.69) is 5.32 Å². The number of rotatable bonds is 6. The predicted octanol–water partition coefficient (Wildman–Crippen LogP) is 2.63. The normalized spacial score (nSPS) is 16.2. The van der Waals surface area contributed by atoms with Crippen LogP contribution in [-0.4, -0.2) is 17.4 Å². The van der Waals surface area contributed by atoms with Gasteiger partial charge in [0, 0.05) is 12.8 Å². The Bertz CT molecular complexity index is 518. The number of hydrogen-bond donors (Lipinski definition) is 1. The van der Waals surface area contributed by atoms with Crippen molar-refractivity contribution >= 4 is 5.91 Å². The first-order valence-electron chi connectivity index (χ1n) is 6.43. The summed E-state index contributed by atoms with van der Waals surface area (Å²) in [7, 11) is 0. The molecule has 0 atom stereocenters. The average molecular weight is 277 g/mol. The van der Waals surface area contributed by atoms with Crippen molar-refractivity contribution in [1.29, 1.82) is 5.26 Å². The molecular weight excluding hydrogens is 262 g/mol. The Labute approximate surface area is 116 Å². The molecule has 1 aromatic rings. The van der Waals surface area contributed by atoms with Crippen molar-refractivity contribution in [2.45, 2.75) is 37.1 Å². The van der Waals surface area contributed by atoms with E-state index >= 15 is 0 Å². The van der Waals surface area contributed by atoms with Gasteiger partial charge in [0.2, 0.25) is 5.91 Å². The maximum atomic E-state index is 13.7. The van der Waals surface area contributed by atoms with Gasteiger partial charge in [-0.25, -0.2) is 8.78 Å². The van der Waals surface area contributed by atoms with Gasteiger partial charge in [-0.1, -0.05) is 30.3 Å². The Balaban J connectivity index is 1.80. The highest BCUT2D eigenvalue weighted by molar-refractivity contribution is 5.86. The molecule has 0 saturated heterocycles. The van der Waals surface area contributed by atoms with Crippen LogP contribution < -0.4 is 5.32 Å². The van der Waals surface area contributed by atoms with Gasteiger partial charge in [-0.2, -0.15) is 5.26 Å². The topological polar surface area (TPSA) is 52.9 Å². The number of amides is 1. The first-order valence-corrected chi connectivity index (χ1v) is 6.43. The van der Waals surface area contributed by atoms with E-state index in [4.69, 9.17) is 5.26 Å². The zero-order chi connectivity index (χ0) is 14.6. The maximum Gasteiger partial charge on any atom is 0.252 e. The summed E-state index contributed by atoms with van der Waals surface area (Å²) in [4.78, 5) is 11.5. The van der Waals surface area contributed by atoms with Crippen LogP contribution in [0.15, 0.2) is 30.3 Å². The number of hydrogen-bond acceptors (Lipinski definition) is 2. The molecule has 0 aliphatic heterocycles. The predicted molar refractivity (Wildman–Crippen MR) is 69.7 cm³/mol. The van der Waals surface area contributed by atoms with Crippen LogP contribution in [0.5, 0.6) is 0 Å². The minimum Gasteiger partial charge on any atom is -0.338 e. The molecule has 1 fully saturated rings. The Kier molecular flexibility index (Phi) is 4.03. The van der Waals surface area contributed by atoms with E-state index in [0.29, 0.717) is 18.4 Å². The van der Waals surface area contributed by atoms with Gasteiger partial charge in [0.15, 0.2) is 0 Å². The van der Waals surface area contributed by atoms with Crippen LogP contribution >= 0.6 is 0 Å². The van der Waals surface area contributed by atoms with Gasteiger partial charge in [0.25, 0.3) is 5.92 Å². The summed E-state index contributed by atoms with van der Waals surface area (Å²) in [6, 6.07) is 10.4. The lowest BCUT2D eigenvalue weighted by Crippen LogP contribution is -2.36. The van der Waals surface area contributed by atoms with Crippen molar-refractivity contribution in [3.63, 3.8) is 0 Å². The highest BCUT2D eigenvalue weighted by Gasteiger charge is 2.44. The van der Waals surface area contributed by atoms with E-state index in [1.165, 1.54) is 0 Å². The third kappa shape index (κ3) is 4.02. The largest absolute Gasteiger partial charge is 0.338 e. The number of nitrogens with zero attached hydrogens (tertiary/aromatic N) is 1. The lowest BCUT2D eigenvalue weighted by molar-refractivity contribution is -0.119. The summed E-state index contributed by atoms with van der Waals surface area (Å²) >= 11 is 0. The fraction of sp³-hybridized carbons (Fsp3) is 0.400. The van der Waals surface area contributed by atoms with Crippen LogP contribution in [-0.2, 0) is 11.2 Å². The molecule has 5 heteroatoms. The second kappa shape index (κ2) is 5.58. The minimum absolute atomic E-state index is 0.402. The third-order valence-corrected chi connectivity index (χ3v) is 3.22. The summed E-state index contributed by atoms with van der Waals surface area (Å²) in [5, 5.41) is 11.3. The Morgan fingerprint density at radius 1 is 1.40 bits per heavy atom. The molecule has 1 N–H and O–H groups in total. The molecule has 2 rings (SSSR count). The maximum absolute atomic E-state index is 13.7. The Hall–Kier alpha value is -1.96. The van der Waals surface area contributed by atoms with Crippen LogP contribution in [0.3, 0.4) is 0 Å². The van der Waals surface area contributed by atoms with Gasteiger partial charge in [-0.15, -0.1) is 0 Å². The van der Waals surface area contributed by atoms with Gasteiger partial charge in [-0.3, -0.25) is 4.79 Å². The summed E-state index contributed by atoms with van der Waals surface area (Å²) < 4.78 is 27.4. The summed E-state index contributed by atoms with van der Waals surface area (Å²) in [6.45, 7) is 0. The fourth-order valence-corrected chi connectivity index (χ4v) is 1.89. The molecule has 1 amide bonds. The van der Waals surface area contributed by atoms with Crippen molar-refractivity contribution < 1.29 is 13.6 Å². The van der Waals surface area contributed by atoms with Gasteiger partial charge >= 0.3 is 0 Å². The minimum atomic E-state index is -2.97. The number of nitriles is 1. The van der Waals surface area contributed by atoms with Crippen molar-refractivity contribution in [2.75, 3.05) is 0 Å². The third-order valence-electron chi connectivity index (χ3n) is 3.22. The van der Waals surface area contributed by atoms with Gasteiger partial charge in [0.05, 0.1) is 12.5 Å². The first kappa shape index (κ1) is 14.4. The lowest BCUT2D eigenvalue weighted by Gasteiger charge is -2.16. The molecule has 0 aromatic heterocycles. The second-order valence-corrected chi connectivity index (χ2v) is 5.11. The molecule has 1 aliphatic rings. The molecule has 1 radical (unpaired) electrons. The van der Waals surface area contributed by atoms with Crippen molar-refractivity contribution in [3.8, 4) is 6.07 Å². The van der Waals surface area contributed by atoms with Crippen LogP contribution in [0.25, 0.3) is 0 Å². The monoisotopic (exact) mass is 277 g/mol. The zero-order valence-corrected chi connectivity index (χ0v) is 10.9. The highest BCUT2D eigenvalue weighted by Crippen LogP contribution is 2.34. The van der Waals surface area contributed by atoms with Crippen LogP contribution in [0.2, 0.25) is 0 Å². The molecule has 0 unspecified atom stereocenters. The van der Waals surface area contributed by atoms with E-state index in [1.807, 2.05) is 6.07 Å². The summed E-state index contributed by atoms with van der Waals surface area (Å²) in [5.41, 5.74) is -0.288. The van der Waals surface area contributed by atoms with Gasteiger partial charge in [-0.05, 0) is 18.4 Å². The average Bonchev–Trinajstić information content (AvgIpc) is 3.18. The molecule has 105 valence electrons. The standard InChI is InChI=1S/C15H15F2N2O/c16-15(17,10-12-4-2-1-3-5-12)7-6-13(20)19-14(11-18)8-9-14/h1-6H,7-10H2,(H,19,20). The molecule has 3 nitrogen and oxygen atoms in total. The number of nitrogens with one attached hydrogen (secondary N) is 1. The number of carbonyl (C=O) groups excluding carboxylic acids is 1. The molecular formula is C15H15F2N2O. The smallest absolute Gasteiger partial charge is 0.252 e. The lowest BCUT2D eigenvalue weighted by atomic mass is 10.0. The van der Waals surface area contributed by atoms with Crippen LogP contribution in [0.1, 0.15) is 24.8 Å². The van der Waals surface area contributed by atoms with E-state index in [1.54, 1.807) is 30.3 Å². The number of carbonyl (C=O) groups is 1. The molecule has 1 saturated carbocycles. The van der Waals surface area contributed by atoms with Crippen molar-refractivity contribution in [3.05, 3.63) is 42.3 Å². The first-order chi connectivity index (χ1) is 9.45. The Morgan fingerprint density at radius 2 is 2.05 bits per heavy atom. The fourth-order valence-electron chi connectivity index (χ4n) is 1.89. The van der Waals surface area contributed by atoms with E-state index in [9.17, 15) is 13.6 Å². The molecule has 20 heavy (non-hydrogen) atoms. The van der Waals surface area contributed by atoms with Crippen LogP contribution in [0, 0.1) is 17.8 Å². The van der Waals surface area contributed by atoms with Crippen LogP contribution in [0.4, 0.5) is 8.78 Å². The van der Waals surface area contributed by atoms with E-state index in [-0.39, 0.29) is 0 Å². The van der Waals surface area contributed by atoms with Gasteiger partial charge in [0.1, 0.15) is 5.54 Å². The number of alkyl halides is 2. The van der Waals surface area contributed by atoms with E-state index in [0.717, 1.165) is 6.42 Å². The van der Waals surface area contributed by atoms with E-state index < -0.39 is 30.2 Å². The molecule has 0 bridgehead atoms. The number of benzene rings is 1. The Morgan fingerprint density at radius 3 is 2.60 bits per heavy atom. The molecule has 0 heterocycles. The van der Waals surface area contributed by atoms with Crippen molar-refractivity contribution in [2.24, 2.45) is 0 Å².